The maximum Gasteiger partial charge on any atom is 0.317 e. The van der Waals surface area contributed by atoms with Crippen LogP contribution < -0.4 is 0 Å². The summed E-state index contributed by atoms with van der Waals surface area (Å²) >= 11 is 0. The summed E-state index contributed by atoms with van der Waals surface area (Å²) in [6.45, 7) is 3.00. The summed E-state index contributed by atoms with van der Waals surface area (Å²) in [6, 6.07) is 19.9. The summed E-state index contributed by atoms with van der Waals surface area (Å²) in [5.74, 6) is -0.697. The van der Waals surface area contributed by atoms with Crippen LogP contribution >= 0.6 is 0 Å². The van der Waals surface area contributed by atoms with E-state index >= 15 is 0 Å². The Morgan fingerprint density at radius 1 is 1.04 bits per heavy atom. The van der Waals surface area contributed by atoms with Gasteiger partial charge in [-0.3, -0.25) is 4.79 Å². The summed E-state index contributed by atoms with van der Waals surface area (Å²) in [5.41, 5.74) is 3.06. The molecule has 3 rings (SSSR count). The van der Waals surface area contributed by atoms with Crippen molar-refractivity contribution < 1.29 is 14.3 Å². The zero-order valence-electron chi connectivity index (χ0n) is 14.4. The van der Waals surface area contributed by atoms with E-state index in [9.17, 15) is 4.79 Å². The molecule has 130 valence electrons. The van der Waals surface area contributed by atoms with Crippen LogP contribution in [0.5, 0.6) is 0 Å². The van der Waals surface area contributed by atoms with Gasteiger partial charge in [0.25, 0.3) is 0 Å². The van der Waals surface area contributed by atoms with Gasteiger partial charge in [-0.15, -0.1) is 0 Å². The number of methoxy groups -OCH3 is 1. The molecular formula is C21H23NO3. The average molecular weight is 337 g/mol. The van der Waals surface area contributed by atoms with Crippen molar-refractivity contribution in [1.82, 2.24) is 4.90 Å². The lowest BCUT2D eigenvalue weighted by atomic mass is 9.96. The zero-order valence-corrected chi connectivity index (χ0v) is 14.4. The zero-order chi connectivity index (χ0) is 17.5. The Labute approximate surface area is 148 Å². The fraction of sp³-hybridized carbons (Fsp3) is 0.286. The van der Waals surface area contributed by atoms with Gasteiger partial charge in [0.05, 0.1) is 20.3 Å². The first-order valence-corrected chi connectivity index (χ1v) is 8.52. The number of ether oxygens (including phenoxy) is 2. The molecule has 1 aliphatic rings. The Morgan fingerprint density at radius 2 is 1.64 bits per heavy atom. The van der Waals surface area contributed by atoms with E-state index in [1.807, 2.05) is 54.6 Å². The van der Waals surface area contributed by atoms with Gasteiger partial charge in [-0.05, 0) is 17.2 Å². The van der Waals surface area contributed by atoms with Crippen molar-refractivity contribution in [3.05, 3.63) is 77.9 Å². The van der Waals surface area contributed by atoms with Gasteiger partial charge < -0.3 is 14.4 Å². The number of rotatable bonds is 5. The molecule has 1 fully saturated rings. The van der Waals surface area contributed by atoms with E-state index in [1.54, 1.807) is 0 Å². The molecule has 0 bridgehead atoms. The lowest BCUT2D eigenvalue weighted by molar-refractivity contribution is -0.141. The molecule has 1 aliphatic heterocycles. The molecule has 2 aromatic carbocycles. The van der Waals surface area contributed by atoms with Crippen molar-refractivity contribution in [2.45, 2.75) is 5.92 Å². The summed E-state index contributed by atoms with van der Waals surface area (Å²) in [5, 5.41) is 0. The van der Waals surface area contributed by atoms with Crippen LogP contribution in [0.4, 0.5) is 0 Å². The molecule has 0 saturated carbocycles. The summed E-state index contributed by atoms with van der Waals surface area (Å²) in [4.78, 5) is 14.7. The SMILES string of the molecule is COC(=O)C(/C=C(/c1ccccc1)N1CCOCC1)c1ccccc1. The van der Waals surface area contributed by atoms with Crippen molar-refractivity contribution in [2.24, 2.45) is 0 Å². The number of carbonyl (C=O) groups is 1. The molecule has 0 N–H and O–H groups in total. The van der Waals surface area contributed by atoms with Crippen LogP contribution in [0.3, 0.4) is 0 Å². The first kappa shape index (κ1) is 17.2. The highest BCUT2D eigenvalue weighted by Gasteiger charge is 2.23. The van der Waals surface area contributed by atoms with Gasteiger partial charge in [-0.2, -0.15) is 0 Å². The smallest absolute Gasteiger partial charge is 0.317 e. The number of hydrogen-bond acceptors (Lipinski definition) is 4. The quantitative estimate of drug-likeness (QED) is 0.785. The van der Waals surface area contributed by atoms with Crippen LogP contribution in [-0.4, -0.2) is 44.3 Å². The first-order valence-electron chi connectivity index (χ1n) is 8.52. The third kappa shape index (κ3) is 4.28. The number of hydrogen-bond donors (Lipinski definition) is 0. The summed E-state index contributed by atoms with van der Waals surface area (Å²) in [7, 11) is 1.43. The molecule has 0 aliphatic carbocycles. The molecule has 4 heteroatoms. The van der Waals surface area contributed by atoms with E-state index < -0.39 is 5.92 Å². The highest BCUT2D eigenvalue weighted by atomic mass is 16.5. The number of benzene rings is 2. The third-order valence-corrected chi connectivity index (χ3v) is 4.36. The highest BCUT2D eigenvalue weighted by molar-refractivity contribution is 5.83. The molecule has 1 saturated heterocycles. The van der Waals surface area contributed by atoms with Crippen LogP contribution in [0.25, 0.3) is 5.70 Å². The Bertz CT molecular complexity index is 706. The minimum Gasteiger partial charge on any atom is -0.468 e. The summed E-state index contributed by atoms with van der Waals surface area (Å²) in [6.07, 6.45) is 2.02. The number of carbonyl (C=O) groups excluding carboxylic acids is 1. The average Bonchev–Trinajstić information content (AvgIpc) is 2.70. The van der Waals surface area contributed by atoms with Gasteiger partial charge >= 0.3 is 5.97 Å². The normalized spacial score (nSPS) is 16.4. The van der Waals surface area contributed by atoms with Crippen LogP contribution in [0.2, 0.25) is 0 Å². The molecule has 1 atom stereocenters. The molecule has 0 aromatic heterocycles. The van der Waals surface area contributed by atoms with Gasteiger partial charge in [0, 0.05) is 18.8 Å². The van der Waals surface area contributed by atoms with E-state index in [2.05, 4.69) is 17.0 Å². The van der Waals surface area contributed by atoms with E-state index in [-0.39, 0.29) is 5.97 Å². The Hall–Kier alpha value is -2.59. The van der Waals surface area contributed by atoms with Crippen molar-refractivity contribution in [1.29, 1.82) is 0 Å². The van der Waals surface area contributed by atoms with Gasteiger partial charge in [0.2, 0.25) is 0 Å². The van der Waals surface area contributed by atoms with Crippen LogP contribution in [-0.2, 0) is 14.3 Å². The largest absolute Gasteiger partial charge is 0.468 e. The monoisotopic (exact) mass is 337 g/mol. The maximum atomic E-state index is 12.5. The van der Waals surface area contributed by atoms with Crippen LogP contribution in [0, 0.1) is 0 Å². The fourth-order valence-electron chi connectivity index (χ4n) is 3.04. The van der Waals surface area contributed by atoms with Gasteiger partial charge in [0.15, 0.2) is 0 Å². The third-order valence-electron chi connectivity index (χ3n) is 4.36. The highest BCUT2D eigenvalue weighted by Crippen LogP contribution is 2.27. The van der Waals surface area contributed by atoms with E-state index in [0.29, 0.717) is 13.2 Å². The second-order valence-electron chi connectivity index (χ2n) is 5.93. The maximum absolute atomic E-state index is 12.5. The molecule has 0 amide bonds. The lowest BCUT2D eigenvalue weighted by Gasteiger charge is -2.32. The number of esters is 1. The summed E-state index contributed by atoms with van der Waals surface area (Å²) < 4.78 is 10.5. The van der Waals surface area contributed by atoms with Crippen molar-refractivity contribution in [2.75, 3.05) is 33.4 Å². The van der Waals surface area contributed by atoms with E-state index in [1.165, 1.54) is 7.11 Å². The predicted octanol–water partition coefficient (Wildman–Crippen LogP) is 3.32. The first-order chi connectivity index (χ1) is 12.3. The Morgan fingerprint density at radius 3 is 2.24 bits per heavy atom. The minimum absolute atomic E-state index is 0.257. The number of morpholine rings is 1. The molecule has 1 heterocycles. The van der Waals surface area contributed by atoms with Crippen molar-refractivity contribution in [3.63, 3.8) is 0 Å². The van der Waals surface area contributed by atoms with Gasteiger partial charge in [0.1, 0.15) is 5.92 Å². The predicted molar refractivity (Wildman–Crippen MR) is 98.0 cm³/mol. The Kier molecular flexibility index (Phi) is 5.86. The molecule has 0 spiro atoms. The van der Waals surface area contributed by atoms with E-state index in [4.69, 9.17) is 9.47 Å². The number of nitrogens with zero attached hydrogens (tertiary/aromatic N) is 1. The minimum atomic E-state index is -0.441. The second kappa shape index (κ2) is 8.49. The molecule has 2 aromatic rings. The van der Waals surface area contributed by atoms with Crippen LogP contribution in [0.1, 0.15) is 17.0 Å². The molecule has 1 unspecified atom stereocenters. The molecule has 0 radical (unpaired) electrons. The standard InChI is InChI=1S/C21H23NO3/c1-24-21(23)19(17-8-4-2-5-9-17)16-20(18-10-6-3-7-11-18)22-12-14-25-15-13-22/h2-11,16,19H,12-15H2,1H3/b20-16-. The molecule has 4 nitrogen and oxygen atoms in total. The van der Waals surface area contributed by atoms with Gasteiger partial charge in [-0.25, -0.2) is 0 Å². The second-order valence-corrected chi connectivity index (χ2v) is 5.93. The van der Waals surface area contributed by atoms with Crippen LogP contribution in [0.15, 0.2) is 66.7 Å². The Balaban J connectivity index is 2.03. The van der Waals surface area contributed by atoms with Crippen molar-refractivity contribution >= 4 is 11.7 Å². The van der Waals surface area contributed by atoms with E-state index in [0.717, 1.165) is 29.9 Å². The van der Waals surface area contributed by atoms with Gasteiger partial charge in [-0.1, -0.05) is 60.7 Å². The lowest BCUT2D eigenvalue weighted by Crippen LogP contribution is -2.35. The fourth-order valence-corrected chi connectivity index (χ4v) is 3.04. The molecule has 25 heavy (non-hydrogen) atoms. The topological polar surface area (TPSA) is 38.8 Å². The molecular weight excluding hydrogens is 314 g/mol. The van der Waals surface area contributed by atoms with Crippen molar-refractivity contribution in [3.8, 4) is 0 Å².